The maximum atomic E-state index is 10.9. The molecular weight excluding hydrogens is 158 g/mol. The van der Waals surface area contributed by atoms with Gasteiger partial charge in [-0.3, -0.25) is 9.52 Å². The van der Waals surface area contributed by atoms with Gasteiger partial charge in [0.25, 0.3) is 5.91 Å². The molecule has 0 aliphatic carbocycles. The third kappa shape index (κ3) is 1.98. The van der Waals surface area contributed by atoms with Crippen molar-refractivity contribution < 1.29 is 4.79 Å². The summed E-state index contributed by atoms with van der Waals surface area (Å²) in [4.78, 5) is 10.9. The lowest BCUT2D eigenvalue weighted by atomic mass is 10.1. The van der Waals surface area contributed by atoms with Gasteiger partial charge < -0.3 is 0 Å². The molecule has 1 N–H and O–H groups in total. The summed E-state index contributed by atoms with van der Waals surface area (Å²) in [5.74, 6) is -0.173. The van der Waals surface area contributed by atoms with Crippen LogP contribution in [-0.2, 0) is 0 Å². The second kappa shape index (κ2) is 3.44. The van der Waals surface area contributed by atoms with Crippen LogP contribution in [0.4, 0.5) is 0 Å². The van der Waals surface area contributed by atoms with Gasteiger partial charge >= 0.3 is 0 Å². The van der Waals surface area contributed by atoms with Crippen LogP contribution in [0.15, 0.2) is 24.3 Å². The Morgan fingerprint density at radius 1 is 1.36 bits per heavy atom. The molecule has 0 aromatic heterocycles. The molecule has 11 heavy (non-hydrogen) atoms. The first-order chi connectivity index (χ1) is 5.24. The fourth-order valence-corrected chi connectivity index (χ4v) is 0.899. The minimum atomic E-state index is -0.173. The van der Waals surface area contributed by atoms with E-state index in [0.717, 1.165) is 5.56 Å². The SMILES string of the molecule is Cc1ccc(C(=O)NS)cc1. The van der Waals surface area contributed by atoms with Crippen molar-refractivity contribution in [1.29, 1.82) is 0 Å². The van der Waals surface area contributed by atoms with E-state index in [4.69, 9.17) is 0 Å². The molecule has 0 bridgehead atoms. The van der Waals surface area contributed by atoms with Crippen molar-refractivity contribution in [3.63, 3.8) is 0 Å². The number of carbonyl (C=O) groups is 1. The first kappa shape index (κ1) is 8.14. The van der Waals surface area contributed by atoms with E-state index >= 15 is 0 Å². The molecule has 1 aromatic carbocycles. The van der Waals surface area contributed by atoms with Crippen molar-refractivity contribution in [3.8, 4) is 0 Å². The standard InChI is InChI=1S/C8H9NOS/c1-6-2-4-7(5-3-6)8(10)9-11/h2-5,11H,1H3,(H,9,10). The Labute approximate surface area is 71.2 Å². The van der Waals surface area contributed by atoms with Crippen LogP contribution in [-0.4, -0.2) is 5.91 Å². The highest BCUT2D eigenvalue weighted by molar-refractivity contribution is 7.78. The zero-order valence-corrected chi connectivity index (χ0v) is 7.06. The highest BCUT2D eigenvalue weighted by Crippen LogP contribution is 2.02. The molecule has 0 saturated carbocycles. The number of thiol groups is 1. The van der Waals surface area contributed by atoms with Gasteiger partial charge in [-0.25, -0.2) is 0 Å². The van der Waals surface area contributed by atoms with Gasteiger partial charge in [0.05, 0.1) is 0 Å². The molecule has 1 amide bonds. The van der Waals surface area contributed by atoms with Crippen molar-refractivity contribution in [2.75, 3.05) is 0 Å². The average molecular weight is 167 g/mol. The number of nitrogens with one attached hydrogen (secondary N) is 1. The summed E-state index contributed by atoms with van der Waals surface area (Å²) >= 11 is 3.65. The number of hydrogen-bond donors (Lipinski definition) is 2. The van der Waals surface area contributed by atoms with E-state index in [1.54, 1.807) is 12.1 Å². The van der Waals surface area contributed by atoms with Gasteiger partial charge in [0.2, 0.25) is 0 Å². The third-order valence-corrected chi connectivity index (χ3v) is 1.62. The van der Waals surface area contributed by atoms with Crippen molar-refractivity contribution in [1.82, 2.24) is 4.72 Å². The topological polar surface area (TPSA) is 29.1 Å². The second-order valence-corrected chi connectivity index (χ2v) is 2.53. The van der Waals surface area contributed by atoms with Crippen molar-refractivity contribution in [2.45, 2.75) is 6.92 Å². The Bertz CT molecular complexity index is 255. The van der Waals surface area contributed by atoms with Crippen LogP contribution in [0.3, 0.4) is 0 Å². The first-order valence-corrected chi connectivity index (χ1v) is 3.70. The van der Waals surface area contributed by atoms with Crippen molar-refractivity contribution >= 4 is 18.7 Å². The predicted octanol–water partition coefficient (Wildman–Crippen LogP) is 1.57. The number of aryl methyl sites for hydroxylation is 1. The second-order valence-electron chi connectivity index (χ2n) is 2.31. The minimum Gasteiger partial charge on any atom is -0.299 e. The van der Waals surface area contributed by atoms with Crippen LogP contribution in [0, 0.1) is 6.92 Å². The van der Waals surface area contributed by atoms with Gasteiger partial charge in [0, 0.05) is 5.56 Å². The molecule has 0 atom stereocenters. The molecule has 3 heteroatoms. The molecular formula is C8H9NOS. The quantitative estimate of drug-likeness (QED) is 0.611. The van der Waals surface area contributed by atoms with E-state index in [9.17, 15) is 4.79 Å². The van der Waals surface area contributed by atoms with Crippen LogP contribution >= 0.6 is 12.8 Å². The molecule has 0 spiro atoms. The van der Waals surface area contributed by atoms with Crippen molar-refractivity contribution in [2.24, 2.45) is 0 Å². The monoisotopic (exact) mass is 167 g/mol. The number of hydrogen-bond acceptors (Lipinski definition) is 2. The normalized spacial score (nSPS) is 9.27. The van der Waals surface area contributed by atoms with E-state index in [-0.39, 0.29) is 5.91 Å². The van der Waals surface area contributed by atoms with Gasteiger partial charge in [-0.15, -0.1) is 0 Å². The zero-order chi connectivity index (χ0) is 8.27. The largest absolute Gasteiger partial charge is 0.299 e. The summed E-state index contributed by atoms with van der Waals surface area (Å²) in [6.07, 6.45) is 0. The Kier molecular flexibility index (Phi) is 2.54. The van der Waals surface area contributed by atoms with Crippen LogP contribution in [0.5, 0.6) is 0 Å². The predicted molar refractivity (Wildman–Crippen MR) is 47.6 cm³/mol. The van der Waals surface area contributed by atoms with Gasteiger partial charge in [-0.05, 0) is 19.1 Å². The summed E-state index contributed by atoms with van der Waals surface area (Å²) in [6, 6.07) is 7.30. The zero-order valence-electron chi connectivity index (χ0n) is 6.16. The van der Waals surface area contributed by atoms with E-state index in [2.05, 4.69) is 17.5 Å². The lowest BCUT2D eigenvalue weighted by Crippen LogP contribution is -2.11. The highest BCUT2D eigenvalue weighted by Gasteiger charge is 2.00. The number of rotatable bonds is 1. The lowest BCUT2D eigenvalue weighted by molar-refractivity contribution is 0.0985. The molecule has 0 aliphatic heterocycles. The fourth-order valence-electron chi connectivity index (χ4n) is 0.769. The number of benzene rings is 1. The summed E-state index contributed by atoms with van der Waals surface area (Å²) in [5.41, 5.74) is 1.77. The van der Waals surface area contributed by atoms with Gasteiger partial charge in [0.1, 0.15) is 0 Å². The van der Waals surface area contributed by atoms with Gasteiger partial charge in [-0.2, -0.15) is 0 Å². The molecule has 58 valence electrons. The lowest BCUT2D eigenvalue weighted by Gasteiger charge is -1.97. The molecule has 1 aromatic rings. The highest BCUT2D eigenvalue weighted by atomic mass is 32.1. The van der Waals surface area contributed by atoms with Crippen LogP contribution in [0.25, 0.3) is 0 Å². The maximum absolute atomic E-state index is 10.9. The molecule has 2 nitrogen and oxygen atoms in total. The van der Waals surface area contributed by atoms with Crippen LogP contribution < -0.4 is 4.72 Å². The molecule has 0 heterocycles. The first-order valence-electron chi connectivity index (χ1n) is 3.25. The van der Waals surface area contributed by atoms with Crippen molar-refractivity contribution in [3.05, 3.63) is 35.4 Å². The summed E-state index contributed by atoms with van der Waals surface area (Å²) in [5, 5.41) is 0. The Morgan fingerprint density at radius 3 is 2.36 bits per heavy atom. The molecule has 0 fully saturated rings. The number of amides is 1. The summed E-state index contributed by atoms with van der Waals surface area (Å²) in [7, 11) is 0. The molecule has 0 radical (unpaired) electrons. The van der Waals surface area contributed by atoms with E-state index < -0.39 is 0 Å². The molecule has 0 unspecified atom stereocenters. The number of carbonyl (C=O) groups excluding carboxylic acids is 1. The smallest absolute Gasteiger partial charge is 0.260 e. The molecule has 1 rings (SSSR count). The average Bonchev–Trinajstić information content (AvgIpc) is 2.05. The minimum absolute atomic E-state index is 0.173. The molecule has 0 saturated heterocycles. The third-order valence-electron chi connectivity index (χ3n) is 1.42. The Hall–Kier alpha value is -0.960. The van der Waals surface area contributed by atoms with Gasteiger partial charge in [-0.1, -0.05) is 30.5 Å². The Balaban J connectivity index is 2.90. The van der Waals surface area contributed by atoms with Gasteiger partial charge in [0.15, 0.2) is 0 Å². The Morgan fingerprint density at radius 2 is 1.91 bits per heavy atom. The molecule has 0 aliphatic rings. The fraction of sp³-hybridized carbons (Fsp3) is 0.125. The summed E-state index contributed by atoms with van der Waals surface area (Å²) < 4.78 is 2.26. The van der Waals surface area contributed by atoms with E-state index in [1.165, 1.54) is 0 Å². The maximum Gasteiger partial charge on any atom is 0.260 e. The van der Waals surface area contributed by atoms with Crippen LogP contribution in [0.2, 0.25) is 0 Å². The van der Waals surface area contributed by atoms with E-state index in [1.807, 2.05) is 19.1 Å². The summed E-state index contributed by atoms with van der Waals surface area (Å²) in [6.45, 7) is 1.97. The van der Waals surface area contributed by atoms with Crippen LogP contribution in [0.1, 0.15) is 15.9 Å². The van der Waals surface area contributed by atoms with E-state index in [0.29, 0.717) is 5.56 Å².